The molecule has 0 saturated carbocycles. The Morgan fingerprint density at radius 3 is 1.25 bits per heavy atom. The number of aromatic nitrogens is 2. The van der Waals surface area contributed by atoms with Crippen LogP contribution < -0.4 is 37.9 Å². The van der Waals surface area contributed by atoms with Crippen molar-refractivity contribution in [2.75, 3.05) is 119 Å². The lowest BCUT2D eigenvalue weighted by atomic mass is 10.00. The molecule has 0 unspecified atom stereocenters. The van der Waals surface area contributed by atoms with Crippen LogP contribution in [0.4, 0.5) is 0 Å². The van der Waals surface area contributed by atoms with Crippen molar-refractivity contribution in [3.05, 3.63) is 201 Å². The Morgan fingerprint density at radius 1 is 0.340 bits per heavy atom. The van der Waals surface area contributed by atoms with E-state index >= 15 is 0 Å². The Morgan fingerprint density at radius 2 is 0.753 bits per heavy atom. The van der Waals surface area contributed by atoms with Gasteiger partial charge in [0.1, 0.15) is 117 Å². The lowest BCUT2D eigenvalue weighted by Crippen LogP contribution is -2.17. The Kier molecular flexibility index (Phi) is 27.5. The highest BCUT2D eigenvalue weighted by molar-refractivity contribution is 6.06. The summed E-state index contributed by atoms with van der Waals surface area (Å²) in [6.45, 7) is 21.9. The van der Waals surface area contributed by atoms with Crippen molar-refractivity contribution in [3.8, 4) is 57.3 Å². The zero-order chi connectivity index (χ0) is 68.3. The maximum Gasteiger partial charge on any atom is 0.344 e. The summed E-state index contributed by atoms with van der Waals surface area (Å²) in [5.41, 5.74) is 12.8. The van der Waals surface area contributed by atoms with Gasteiger partial charge in [-0.05, 0) is 204 Å². The summed E-state index contributed by atoms with van der Waals surface area (Å²) < 4.78 is 88.7. The molecular formula is C78H88N2O17. The fourth-order valence-corrected chi connectivity index (χ4v) is 10.6. The first kappa shape index (κ1) is 71.8. The van der Waals surface area contributed by atoms with E-state index in [0.717, 1.165) is 83.6 Å². The quantitative estimate of drug-likeness (QED) is 0.0152. The Balaban J connectivity index is 0.801. The van der Waals surface area contributed by atoms with Gasteiger partial charge in [-0.15, -0.1) is 0 Å². The van der Waals surface area contributed by atoms with Gasteiger partial charge in [-0.2, -0.15) is 0 Å². The van der Waals surface area contributed by atoms with E-state index in [1.54, 1.807) is 25.1 Å². The van der Waals surface area contributed by atoms with Gasteiger partial charge in [0, 0.05) is 34.7 Å². The number of aryl methyl sites for hydroxylation is 8. The minimum atomic E-state index is -0.777. The maximum atomic E-state index is 14.5. The maximum absolute atomic E-state index is 14.5. The summed E-state index contributed by atoms with van der Waals surface area (Å²) >= 11 is 0. The van der Waals surface area contributed by atoms with E-state index in [4.69, 9.17) is 81.0 Å². The zero-order valence-corrected chi connectivity index (χ0v) is 57.0. The number of hydrogen-bond donors (Lipinski definition) is 0. The van der Waals surface area contributed by atoms with Gasteiger partial charge in [0.2, 0.25) is 0 Å². The summed E-state index contributed by atoms with van der Waals surface area (Å²) in [6, 6.07) is 44.1. The first-order chi connectivity index (χ1) is 47.1. The van der Waals surface area contributed by atoms with E-state index in [2.05, 4.69) is 32.0 Å². The fourth-order valence-electron chi connectivity index (χ4n) is 10.6. The van der Waals surface area contributed by atoms with Gasteiger partial charge in [0.05, 0.1) is 69.6 Å². The molecule has 0 spiro atoms. The second-order valence-corrected chi connectivity index (χ2v) is 23.3. The number of benzene rings is 7. The number of carbonyl (C=O) groups excluding carboxylic acids is 2. The fraction of sp³-hybridized carbons (Fsp3) is 0.359. The molecular weight excluding hydrogens is 1240 g/mol. The standard InChI is InChI=1S/C78H88N2O17/c1-10-83-51-97-78(82)71-49-73(94-35-33-92-64-39-53(3)37-54(4)40-64)70(48-74(71)95-36-34-93-65-41-55(5)38-56(6)42-65)77(81)96-50-60-45-66(90-31-27-86-23-21-84-25-29-88-62-16-11-52(2)12-17-62)47-67(46-60)91-32-28-87-24-22-85-26-30-89-63-18-14-61(15-19-63)72-44-58(8)69-43-57(7)68-20-13-59(9)79-75(68)76(69)80-72/h11-20,37-49H,10,21-36,50-51H2,1-9H3. The second-order valence-electron chi connectivity index (χ2n) is 23.3. The van der Waals surface area contributed by atoms with Crippen LogP contribution in [0.25, 0.3) is 33.1 Å². The van der Waals surface area contributed by atoms with Crippen LogP contribution in [-0.2, 0) is 39.8 Å². The van der Waals surface area contributed by atoms with Crippen molar-refractivity contribution in [2.24, 2.45) is 0 Å². The number of pyridine rings is 2. The van der Waals surface area contributed by atoms with E-state index in [1.807, 2.05) is 133 Å². The van der Waals surface area contributed by atoms with E-state index < -0.39 is 11.9 Å². The zero-order valence-electron chi connectivity index (χ0n) is 57.0. The Hall–Kier alpha value is -9.50. The normalized spacial score (nSPS) is 11.2. The average Bonchev–Trinajstić information content (AvgIpc) is 0.763. The summed E-state index contributed by atoms with van der Waals surface area (Å²) in [6.07, 6.45) is 0. The van der Waals surface area contributed by atoms with Crippen molar-refractivity contribution in [2.45, 2.75) is 68.9 Å². The number of rotatable bonds is 40. The molecule has 9 aromatic rings. The van der Waals surface area contributed by atoms with Gasteiger partial charge < -0.3 is 71.1 Å². The molecule has 7 aromatic carbocycles. The third kappa shape index (κ3) is 22.5. The molecule has 9 rings (SSSR count). The van der Waals surface area contributed by atoms with Crippen molar-refractivity contribution >= 4 is 33.7 Å². The predicted molar refractivity (Wildman–Crippen MR) is 371 cm³/mol. The summed E-state index contributed by atoms with van der Waals surface area (Å²) in [4.78, 5) is 38.2. The van der Waals surface area contributed by atoms with Crippen molar-refractivity contribution < 1.29 is 80.6 Å². The minimum Gasteiger partial charge on any atom is -0.491 e. The Labute approximate surface area is 568 Å². The van der Waals surface area contributed by atoms with Gasteiger partial charge in [-0.3, -0.25) is 4.98 Å². The minimum absolute atomic E-state index is 0.00385. The molecule has 0 atom stereocenters. The molecule has 0 bridgehead atoms. The van der Waals surface area contributed by atoms with E-state index in [-0.39, 0.29) is 88.9 Å². The molecule has 0 aliphatic carbocycles. The van der Waals surface area contributed by atoms with E-state index in [0.29, 0.717) is 88.0 Å². The molecule has 0 amide bonds. The SMILES string of the molecule is CCOCOC(=O)c1cc(OCCOc2cc(C)cc(C)c2)c(C(=O)OCc2cc(OCCOCCOCCOc3ccc(C)cc3)cc(OCCOCCOCCOc3ccc(-c4cc(C)c5cc(C)c6ccc(C)nc6c5n4)cc3)c2)cc1OCCOc1cc(C)cc(C)c1. The van der Waals surface area contributed by atoms with Crippen LogP contribution in [0.15, 0.2) is 140 Å². The number of ether oxygens (including phenoxy) is 15. The van der Waals surface area contributed by atoms with Crippen LogP contribution in [0, 0.1) is 55.4 Å². The molecule has 97 heavy (non-hydrogen) atoms. The molecule has 0 aliphatic rings. The molecule has 19 nitrogen and oxygen atoms in total. The van der Waals surface area contributed by atoms with Crippen LogP contribution in [0.5, 0.6) is 46.0 Å². The second kappa shape index (κ2) is 37.1. The first-order valence-corrected chi connectivity index (χ1v) is 32.7. The van der Waals surface area contributed by atoms with Gasteiger partial charge in [0.25, 0.3) is 0 Å². The van der Waals surface area contributed by atoms with Gasteiger partial charge in [0.15, 0.2) is 6.79 Å². The third-order valence-corrected chi connectivity index (χ3v) is 15.1. The monoisotopic (exact) mass is 1320 g/mol. The number of fused-ring (bicyclic) bond motifs is 3. The molecule has 0 aliphatic heterocycles. The van der Waals surface area contributed by atoms with Gasteiger partial charge in [-0.1, -0.05) is 35.9 Å². The number of hydrogen-bond acceptors (Lipinski definition) is 19. The Bertz CT molecular complexity index is 3990. The lowest BCUT2D eigenvalue weighted by Gasteiger charge is -2.18. The molecule has 0 radical (unpaired) electrons. The largest absolute Gasteiger partial charge is 0.491 e. The molecule has 0 fully saturated rings. The molecule has 0 N–H and O–H groups in total. The first-order valence-electron chi connectivity index (χ1n) is 32.7. The highest BCUT2D eigenvalue weighted by Crippen LogP contribution is 2.34. The molecule has 19 heteroatoms. The molecule has 0 saturated heterocycles. The van der Waals surface area contributed by atoms with Crippen molar-refractivity contribution in [1.29, 1.82) is 0 Å². The lowest BCUT2D eigenvalue weighted by molar-refractivity contribution is -0.0277. The molecule has 2 heterocycles. The van der Waals surface area contributed by atoms with Crippen LogP contribution >= 0.6 is 0 Å². The summed E-state index contributed by atoms with van der Waals surface area (Å²) in [5, 5.41) is 2.21. The third-order valence-electron chi connectivity index (χ3n) is 15.1. The average molecular weight is 1330 g/mol. The van der Waals surface area contributed by atoms with Gasteiger partial charge in [-0.25, -0.2) is 14.6 Å². The highest BCUT2D eigenvalue weighted by Gasteiger charge is 2.25. The molecule has 2 aromatic heterocycles. The van der Waals surface area contributed by atoms with Crippen LogP contribution in [0.1, 0.15) is 77.8 Å². The van der Waals surface area contributed by atoms with Crippen molar-refractivity contribution in [3.63, 3.8) is 0 Å². The van der Waals surface area contributed by atoms with E-state index in [1.165, 1.54) is 17.7 Å². The number of carbonyl (C=O) groups is 2. The van der Waals surface area contributed by atoms with Gasteiger partial charge >= 0.3 is 11.9 Å². The predicted octanol–water partition coefficient (Wildman–Crippen LogP) is 14.3. The highest BCUT2D eigenvalue weighted by atomic mass is 16.7. The number of nitrogens with zero attached hydrogens (tertiary/aromatic N) is 2. The van der Waals surface area contributed by atoms with Crippen LogP contribution in [0.3, 0.4) is 0 Å². The number of esters is 2. The summed E-state index contributed by atoms with van der Waals surface area (Å²) in [5.74, 6) is 2.25. The van der Waals surface area contributed by atoms with Crippen LogP contribution in [-0.4, -0.2) is 141 Å². The summed E-state index contributed by atoms with van der Waals surface area (Å²) in [7, 11) is 0. The van der Waals surface area contributed by atoms with Crippen molar-refractivity contribution in [1.82, 2.24) is 9.97 Å². The van der Waals surface area contributed by atoms with Crippen LogP contribution in [0.2, 0.25) is 0 Å². The molecule has 512 valence electrons. The van der Waals surface area contributed by atoms with E-state index in [9.17, 15) is 9.59 Å². The topological polar surface area (TPSA) is 198 Å². The smallest absolute Gasteiger partial charge is 0.344 e.